The molecule has 1 fully saturated rings. The van der Waals surface area contributed by atoms with Crippen LogP contribution in [0.5, 0.6) is 0 Å². The Morgan fingerprint density at radius 2 is 2.09 bits per heavy atom. The maximum atomic E-state index is 12.7. The van der Waals surface area contributed by atoms with Crippen molar-refractivity contribution < 1.29 is 21.6 Å². The summed E-state index contributed by atoms with van der Waals surface area (Å²) in [6.45, 7) is 3.97. The third-order valence-electron chi connectivity index (χ3n) is 3.89. The van der Waals surface area contributed by atoms with Gasteiger partial charge in [-0.25, -0.2) is 13.1 Å². The number of likely N-dealkylation sites (N-methyl/N-ethyl adjacent to an activating group) is 1. The number of rotatable bonds is 5. The van der Waals surface area contributed by atoms with Crippen LogP contribution in [-0.4, -0.2) is 39.0 Å². The fourth-order valence-electron chi connectivity index (χ4n) is 2.67. The Bertz CT molecular complexity index is 617. The van der Waals surface area contributed by atoms with Crippen molar-refractivity contribution >= 4 is 10.0 Å². The fourth-order valence-corrected chi connectivity index (χ4v) is 3.79. The maximum absolute atomic E-state index is 12.7. The molecule has 0 saturated carbocycles. The van der Waals surface area contributed by atoms with E-state index in [-0.39, 0.29) is 17.5 Å². The molecule has 1 aliphatic heterocycles. The Hall–Kier alpha value is -1.12. The maximum Gasteiger partial charge on any atom is 0.416 e. The van der Waals surface area contributed by atoms with Crippen LogP contribution in [0.3, 0.4) is 0 Å². The molecule has 1 atom stereocenters. The number of hydrogen-bond acceptors (Lipinski definition) is 3. The lowest BCUT2D eigenvalue weighted by atomic mass is 10.2. The summed E-state index contributed by atoms with van der Waals surface area (Å²) in [4.78, 5) is 1.80. The van der Waals surface area contributed by atoms with Crippen molar-refractivity contribution in [3.8, 4) is 0 Å². The molecule has 0 radical (unpaired) electrons. The molecule has 8 heteroatoms. The highest BCUT2D eigenvalue weighted by Gasteiger charge is 2.32. The standard InChI is InChI=1S/C14H19F3N2O2S/c1-2-19-8-4-6-12(19)10-18-22(20,21)13-7-3-5-11(9-13)14(15,16)17/h3,5,7,9,12,18H,2,4,6,8,10H2,1H3/t12-/m1/s1. The highest BCUT2D eigenvalue weighted by Crippen LogP contribution is 2.30. The third-order valence-corrected chi connectivity index (χ3v) is 5.31. The first-order chi connectivity index (χ1) is 10.2. The molecule has 2 rings (SSSR count). The minimum absolute atomic E-state index is 0.102. The Morgan fingerprint density at radius 3 is 2.73 bits per heavy atom. The number of alkyl halides is 3. The van der Waals surface area contributed by atoms with Crippen LogP contribution in [0.25, 0.3) is 0 Å². The molecule has 22 heavy (non-hydrogen) atoms. The molecule has 0 spiro atoms. The monoisotopic (exact) mass is 336 g/mol. The van der Waals surface area contributed by atoms with Crippen LogP contribution in [0.2, 0.25) is 0 Å². The van der Waals surface area contributed by atoms with Gasteiger partial charge in [0, 0.05) is 12.6 Å². The number of nitrogens with zero attached hydrogens (tertiary/aromatic N) is 1. The van der Waals surface area contributed by atoms with E-state index in [2.05, 4.69) is 9.62 Å². The largest absolute Gasteiger partial charge is 0.416 e. The highest BCUT2D eigenvalue weighted by atomic mass is 32.2. The summed E-state index contributed by atoms with van der Waals surface area (Å²) in [6, 6.07) is 3.89. The van der Waals surface area contributed by atoms with Crippen LogP contribution in [0.15, 0.2) is 29.2 Å². The van der Waals surface area contributed by atoms with Crippen LogP contribution in [0.4, 0.5) is 13.2 Å². The van der Waals surface area contributed by atoms with E-state index in [9.17, 15) is 21.6 Å². The molecule has 1 aromatic rings. The summed E-state index contributed by atoms with van der Waals surface area (Å²) in [6.07, 6.45) is -2.67. The van der Waals surface area contributed by atoms with Gasteiger partial charge in [0.2, 0.25) is 10.0 Å². The van der Waals surface area contributed by atoms with E-state index < -0.39 is 21.8 Å². The van der Waals surface area contributed by atoms with Crippen molar-refractivity contribution in [2.45, 2.75) is 36.9 Å². The summed E-state index contributed by atoms with van der Waals surface area (Å²) < 4.78 is 64.7. The molecule has 1 saturated heterocycles. The third kappa shape index (κ3) is 3.99. The zero-order valence-corrected chi connectivity index (χ0v) is 13.0. The van der Waals surface area contributed by atoms with Gasteiger partial charge in [-0.3, -0.25) is 4.90 Å². The van der Waals surface area contributed by atoms with Gasteiger partial charge < -0.3 is 0 Å². The minimum Gasteiger partial charge on any atom is -0.299 e. The Kier molecular flexibility index (Phi) is 5.14. The second-order valence-corrected chi connectivity index (χ2v) is 7.07. The number of halogens is 3. The first-order valence-electron chi connectivity index (χ1n) is 7.15. The van der Waals surface area contributed by atoms with Gasteiger partial charge in [0.15, 0.2) is 0 Å². The quantitative estimate of drug-likeness (QED) is 0.899. The zero-order valence-electron chi connectivity index (χ0n) is 12.2. The minimum atomic E-state index is -4.56. The highest BCUT2D eigenvalue weighted by molar-refractivity contribution is 7.89. The number of likely N-dealkylation sites (tertiary alicyclic amines) is 1. The Morgan fingerprint density at radius 1 is 1.36 bits per heavy atom. The lowest BCUT2D eigenvalue weighted by Crippen LogP contribution is -2.40. The summed E-state index contributed by atoms with van der Waals surface area (Å²) in [7, 11) is -3.94. The van der Waals surface area contributed by atoms with Gasteiger partial charge >= 0.3 is 6.18 Å². The topological polar surface area (TPSA) is 49.4 Å². The van der Waals surface area contributed by atoms with Gasteiger partial charge in [-0.05, 0) is 44.1 Å². The van der Waals surface area contributed by atoms with E-state index >= 15 is 0 Å². The summed E-state index contributed by atoms with van der Waals surface area (Å²) in [5.41, 5.74) is -0.966. The zero-order chi connectivity index (χ0) is 16.4. The fraction of sp³-hybridized carbons (Fsp3) is 0.571. The number of sulfonamides is 1. The second-order valence-electron chi connectivity index (χ2n) is 5.30. The molecule has 0 aromatic heterocycles. The van der Waals surface area contributed by atoms with E-state index in [1.54, 1.807) is 0 Å². The molecule has 1 aromatic carbocycles. The Balaban J connectivity index is 2.10. The normalized spacial score (nSPS) is 20.5. The second kappa shape index (κ2) is 6.55. The lowest BCUT2D eigenvalue weighted by Gasteiger charge is -2.22. The molecule has 0 aliphatic carbocycles. The van der Waals surface area contributed by atoms with Crippen molar-refractivity contribution in [3.63, 3.8) is 0 Å². The van der Waals surface area contributed by atoms with E-state index in [0.29, 0.717) is 6.07 Å². The smallest absolute Gasteiger partial charge is 0.299 e. The van der Waals surface area contributed by atoms with Crippen LogP contribution in [0, 0.1) is 0 Å². The molecule has 1 heterocycles. The molecular weight excluding hydrogens is 317 g/mol. The Labute approximate surface area is 128 Å². The van der Waals surface area contributed by atoms with Crippen LogP contribution >= 0.6 is 0 Å². The van der Waals surface area contributed by atoms with Crippen LogP contribution in [-0.2, 0) is 16.2 Å². The van der Waals surface area contributed by atoms with Crippen molar-refractivity contribution in [1.82, 2.24) is 9.62 Å². The average Bonchev–Trinajstić information content (AvgIpc) is 2.92. The predicted octanol–water partition coefficient (Wildman–Crippen LogP) is 2.47. The summed E-state index contributed by atoms with van der Waals surface area (Å²) in [5, 5.41) is 0. The molecule has 0 bridgehead atoms. The van der Waals surface area contributed by atoms with E-state index in [4.69, 9.17) is 0 Å². The SMILES string of the molecule is CCN1CCC[C@@H]1CNS(=O)(=O)c1cccc(C(F)(F)F)c1. The van der Waals surface area contributed by atoms with E-state index in [1.807, 2.05) is 6.92 Å². The van der Waals surface area contributed by atoms with Crippen molar-refractivity contribution in [3.05, 3.63) is 29.8 Å². The number of hydrogen-bond donors (Lipinski definition) is 1. The van der Waals surface area contributed by atoms with Crippen molar-refractivity contribution in [1.29, 1.82) is 0 Å². The molecule has 4 nitrogen and oxygen atoms in total. The van der Waals surface area contributed by atoms with Gasteiger partial charge in [0.1, 0.15) is 0 Å². The number of benzene rings is 1. The molecule has 0 amide bonds. The first kappa shape index (κ1) is 17.2. The average molecular weight is 336 g/mol. The van der Waals surface area contributed by atoms with Gasteiger partial charge in [-0.15, -0.1) is 0 Å². The molecule has 1 aliphatic rings. The molecular formula is C14H19F3N2O2S. The lowest BCUT2D eigenvalue weighted by molar-refractivity contribution is -0.137. The van der Waals surface area contributed by atoms with Gasteiger partial charge in [-0.2, -0.15) is 13.2 Å². The van der Waals surface area contributed by atoms with Crippen molar-refractivity contribution in [2.24, 2.45) is 0 Å². The van der Waals surface area contributed by atoms with Crippen molar-refractivity contribution in [2.75, 3.05) is 19.6 Å². The van der Waals surface area contributed by atoms with Gasteiger partial charge in [0.05, 0.1) is 10.5 Å². The summed E-state index contributed by atoms with van der Waals surface area (Å²) >= 11 is 0. The number of nitrogens with one attached hydrogen (secondary N) is 1. The van der Waals surface area contributed by atoms with Gasteiger partial charge in [0.25, 0.3) is 0 Å². The van der Waals surface area contributed by atoms with Crippen LogP contribution in [0.1, 0.15) is 25.3 Å². The first-order valence-corrected chi connectivity index (χ1v) is 8.63. The van der Waals surface area contributed by atoms with E-state index in [1.165, 1.54) is 6.07 Å². The van der Waals surface area contributed by atoms with E-state index in [0.717, 1.165) is 38.1 Å². The molecule has 1 N–H and O–H groups in total. The predicted molar refractivity (Wildman–Crippen MR) is 76.9 cm³/mol. The van der Waals surface area contributed by atoms with Gasteiger partial charge in [-0.1, -0.05) is 13.0 Å². The molecule has 124 valence electrons. The molecule has 0 unspecified atom stereocenters. The van der Waals surface area contributed by atoms with Crippen LogP contribution < -0.4 is 4.72 Å². The summed E-state index contributed by atoms with van der Waals surface area (Å²) in [5.74, 6) is 0.